The van der Waals surface area contributed by atoms with Gasteiger partial charge in [-0.2, -0.15) is 0 Å². The van der Waals surface area contributed by atoms with Crippen molar-refractivity contribution in [2.75, 3.05) is 5.73 Å². The highest BCUT2D eigenvalue weighted by molar-refractivity contribution is 7.13. The van der Waals surface area contributed by atoms with E-state index in [4.69, 9.17) is 5.73 Å². The van der Waals surface area contributed by atoms with Gasteiger partial charge in [-0.15, -0.1) is 16.4 Å². The molecule has 5 heteroatoms. The Hall–Kier alpha value is -2.14. The van der Waals surface area contributed by atoms with Crippen molar-refractivity contribution in [3.05, 3.63) is 40.8 Å². The van der Waals surface area contributed by atoms with E-state index in [2.05, 4.69) is 23.9 Å². The maximum Gasteiger partial charge on any atom is 0.191 e. The molecule has 0 aliphatic carbocycles. The number of anilines is 1. The minimum absolute atomic E-state index is 0.753. The average molecular weight is 284 g/mol. The van der Waals surface area contributed by atoms with Crippen LogP contribution in [0.25, 0.3) is 22.1 Å². The fraction of sp³-hybridized carbons (Fsp3) is 0.200. The lowest BCUT2D eigenvalue weighted by Gasteiger charge is -2.09. The molecule has 0 aliphatic heterocycles. The summed E-state index contributed by atoms with van der Waals surface area (Å²) < 4.78 is 1.82. The van der Waals surface area contributed by atoms with Crippen molar-refractivity contribution in [3.63, 3.8) is 0 Å². The molecule has 0 bridgehead atoms. The summed E-state index contributed by atoms with van der Waals surface area (Å²) in [5.41, 5.74) is 10.1. The average Bonchev–Trinajstić information content (AvgIpc) is 3.02. The van der Waals surface area contributed by atoms with Gasteiger partial charge < -0.3 is 5.73 Å². The fourth-order valence-electron chi connectivity index (χ4n) is 2.25. The van der Waals surface area contributed by atoms with E-state index in [1.807, 2.05) is 41.4 Å². The number of benzene rings is 1. The van der Waals surface area contributed by atoms with Gasteiger partial charge in [0.1, 0.15) is 0 Å². The maximum atomic E-state index is 5.96. The lowest BCUT2D eigenvalue weighted by atomic mass is 10.0. The van der Waals surface area contributed by atoms with Gasteiger partial charge in [0, 0.05) is 18.3 Å². The molecule has 102 valence electrons. The summed E-state index contributed by atoms with van der Waals surface area (Å²) in [7, 11) is 1.91. The molecule has 2 N–H and O–H groups in total. The van der Waals surface area contributed by atoms with Crippen LogP contribution in [0.5, 0.6) is 0 Å². The number of hydrogen-bond acceptors (Lipinski definition) is 4. The number of hydrogen-bond donors (Lipinski definition) is 1. The summed E-state index contributed by atoms with van der Waals surface area (Å²) in [6.45, 7) is 4.15. The minimum atomic E-state index is 0.753. The standard InChI is InChI=1S/C15H16N4S/c1-9-7-11(16)8-12(10(9)2)15-17-14(18-19(15)3)13-5-4-6-20-13/h4-8H,16H2,1-3H3. The largest absolute Gasteiger partial charge is 0.399 e. The molecule has 0 saturated heterocycles. The third-order valence-corrected chi connectivity index (χ3v) is 4.30. The molecule has 4 nitrogen and oxygen atoms in total. The summed E-state index contributed by atoms with van der Waals surface area (Å²) in [5, 5.41) is 6.53. The van der Waals surface area contributed by atoms with Gasteiger partial charge in [-0.25, -0.2) is 9.67 Å². The summed E-state index contributed by atoms with van der Waals surface area (Å²) in [5.74, 6) is 1.61. The first kappa shape index (κ1) is 12.9. The number of nitrogen functional groups attached to an aromatic ring is 1. The van der Waals surface area contributed by atoms with Gasteiger partial charge in [-0.3, -0.25) is 0 Å². The fourth-order valence-corrected chi connectivity index (χ4v) is 2.90. The van der Waals surface area contributed by atoms with Gasteiger partial charge in [0.15, 0.2) is 11.6 Å². The van der Waals surface area contributed by atoms with Crippen molar-refractivity contribution < 1.29 is 0 Å². The Balaban J connectivity index is 2.16. The van der Waals surface area contributed by atoms with Crippen molar-refractivity contribution in [1.29, 1.82) is 0 Å². The molecule has 0 unspecified atom stereocenters. The van der Waals surface area contributed by atoms with E-state index in [0.29, 0.717) is 0 Å². The zero-order chi connectivity index (χ0) is 14.3. The van der Waals surface area contributed by atoms with Crippen LogP contribution in [0.2, 0.25) is 0 Å². The molecule has 0 aliphatic rings. The molecule has 3 aromatic rings. The SMILES string of the molecule is Cc1cc(N)cc(-c2nc(-c3cccs3)nn2C)c1C. The Labute approximate surface area is 121 Å². The van der Waals surface area contributed by atoms with Crippen molar-refractivity contribution in [2.24, 2.45) is 7.05 Å². The van der Waals surface area contributed by atoms with Gasteiger partial charge >= 0.3 is 0 Å². The van der Waals surface area contributed by atoms with Gasteiger partial charge in [-0.05, 0) is 48.6 Å². The molecule has 2 heterocycles. The molecule has 0 spiro atoms. The quantitative estimate of drug-likeness (QED) is 0.734. The molecule has 3 rings (SSSR count). The second-order valence-corrected chi connectivity index (χ2v) is 5.82. The first-order valence-electron chi connectivity index (χ1n) is 6.38. The van der Waals surface area contributed by atoms with Crippen LogP contribution in [0.4, 0.5) is 5.69 Å². The van der Waals surface area contributed by atoms with E-state index < -0.39 is 0 Å². The predicted molar refractivity (Wildman–Crippen MR) is 83.6 cm³/mol. The first-order valence-corrected chi connectivity index (χ1v) is 7.26. The second-order valence-electron chi connectivity index (χ2n) is 4.87. The number of thiophene rings is 1. The highest BCUT2D eigenvalue weighted by Gasteiger charge is 2.15. The van der Waals surface area contributed by atoms with Gasteiger partial charge in [0.2, 0.25) is 0 Å². The van der Waals surface area contributed by atoms with Crippen LogP contribution in [0, 0.1) is 13.8 Å². The van der Waals surface area contributed by atoms with Crippen LogP contribution in [0.1, 0.15) is 11.1 Å². The van der Waals surface area contributed by atoms with Crippen LogP contribution in [0.15, 0.2) is 29.6 Å². The lowest BCUT2D eigenvalue weighted by Crippen LogP contribution is -1.99. The van der Waals surface area contributed by atoms with Crippen molar-refractivity contribution in [3.8, 4) is 22.1 Å². The normalized spacial score (nSPS) is 10.9. The summed E-state index contributed by atoms with van der Waals surface area (Å²) in [4.78, 5) is 5.75. The molecular formula is C15H16N4S. The minimum Gasteiger partial charge on any atom is -0.399 e. The third kappa shape index (κ3) is 2.10. The number of rotatable bonds is 2. The molecule has 20 heavy (non-hydrogen) atoms. The van der Waals surface area contributed by atoms with Crippen LogP contribution in [-0.4, -0.2) is 14.8 Å². The zero-order valence-corrected chi connectivity index (χ0v) is 12.5. The van der Waals surface area contributed by atoms with Crippen molar-refractivity contribution >= 4 is 17.0 Å². The molecule has 0 saturated carbocycles. The lowest BCUT2D eigenvalue weighted by molar-refractivity contribution is 0.777. The third-order valence-electron chi connectivity index (χ3n) is 3.44. The van der Waals surface area contributed by atoms with Crippen LogP contribution in [0.3, 0.4) is 0 Å². The summed E-state index contributed by atoms with van der Waals surface area (Å²) in [6.07, 6.45) is 0. The van der Waals surface area contributed by atoms with Crippen LogP contribution >= 0.6 is 11.3 Å². The Kier molecular flexibility index (Phi) is 3.06. The highest BCUT2D eigenvalue weighted by atomic mass is 32.1. The van der Waals surface area contributed by atoms with E-state index in [0.717, 1.165) is 27.8 Å². The van der Waals surface area contributed by atoms with Crippen molar-refractivity contribution in [2.45, 2.75) is 13.8 Å². The van der Waals surface area contributed by atoms with E-state index >= 15 is 0 Å². The molecule has 0 atom stereocenters. The molecule has 0 fully saturated rings. The Morgan fingerprint density at radius 1 is 1.25 bits per heavy atom. The van der Waals surface area contributed by atoms with Crippen molar-refractivity contribution in [1.82, 2.24) is 14.8 Å². The molecule has 2 aromatic heterocycles. The van der Waals surface area contributed by atoms with Crippen LogP contribution in [-0.2, 0) is 7.05 Å². The molecule has 0 radical (unpaired) electrons. The van der Waals surface area contributed by atoms with Gasteiger partial charge in [0.25, 0.3) is 0 Å². The first-order chi connectivity index (χ1) is 9.56. The number of nitrogens with zero attached hydrogens (tertiary/aromatic N) is 3. The zero-order valence-electron chi connectivity index (χ0n) is 11.7. The number of aryl methyl sites for hydroxylation is 2. The van der Waals surface area contributed by atoms with Gasteiger partial charge in [-0.1, -0.05) is 6.07 Å². The van der Waals surface area contributed by atoms with Crippen LogP contribution < -0.4 is 5.73 Å². The number of aromatic nitrogens is 3. The Morgan fingerprint density at radius 2 is 2.05 bits per heavy atom. The topological polar surface area (TPSA) is 56.7 Å². The Morgan fingerprint density at radius 3 is 2.75 bits per heavy atom. The molecule has 0 amide bonds. The predicted octanol–water partition coefficient (Wildman–Crippen LogP) is 3.41. The number of nitrogens with two attached hydrogens (primary N) is 1. The maximum absolute atomic E-state index is 5.96. The second kappa shape index (κ2) is 4.76. The van der Waals surface area contributed by atoms with E-state index in [1.54, 1.807) is 11.3 Å². The molecule has 1 aromatic carbocycles. The Bertz CT molecular complexity index is 757. The smallest absolute Gasteiger partial charge is 0.191 e. The highest BCUT2D eigenvalue weighted by Crippen LogP contribution is 2.29. The summed E-state index contributed by atoms with van der Waals surface area (Å²) in [6, 6.07) is 7.98. The van der Waals surface area contributed by atoms with E-state index in [9.17, 15) is 0 Å². The summed E-state index contributed by atoms with van der Waals surface area (Å²) >= 11 is 1.64. The monoisotopic (exact) mass is 284 g/mol. The van der Waals surface area contributed by atoms with E-state index in [1.165, 1.54) is 11.1 Å². The molecular weight excluding hydrogens is 268 g/mol. The van der Waals surface area contributed by atoms with Gasteiger partial charge in [0.05, 0.1) is 4.88 Å². The van der Waals surface area contributed by atoms with E-state index in [-0.39, 0.29) is 0 Å².